The van der Waals surface area contributed by atoms with Crippen LogP contribution < -0.4 is 5.32 Å². The predicted octanol–water partition coefficient (Wildman–Crippen LogP) is 5.18. The first-order chi connectivity index (χ1) is 19.9. The van der Waals surface area contributed by atoms with Gasteiger partial charge in [-0.3, -0.25) is 9.47 Å². The fourth-order valence-electron chi connectivity index (χ4n) is 4.68. The molecule has 0 bridgehead atoms. The van der Waals surface area contributed by atoms with Crippen LogP contribution in [0.5, 0.6) is 0 Å². The second-order valence-corrected chi connectivity index (χ2v) is 11.8. The molecule has 1 aliphatic heterocycles. The molecular weight excluding hydrogens is 534 g/mol. The lowest BCUT2D eigenvalue weighted by Gasteiger charge is -2.31. The molecule has 1 atom stereocenters. The summed E-state index contributed by atoms with van der Waals surface area (Å²) in [5, 5.41) is 23.9. The fraction of sp³-hybridized carbons (Fsp3) is 0.387. The maximum absolute atomic E-state index is 13.0. The van der Waals surface area contributed by atoms with Gasteiger partial charge in [0.2, 0.25) is 5.95 Å². The van der Waals surface area contributed by atoms with Gasteiger partial charge in [0.05, 0.1) is 29.3 Å². The second-order valence-electron chi connectivity index (χ2n) is 11.8. The molecule has 0 spiro atoms. The molecule has 218 valence electrons. The quantitative estimate of drug-likeness (QED) is 0.308. The highest BCUT2D eigenvalue weighted by molar-refractivity contribution is 5.85. The molecule has 1 aromatic carbocycles. The van der Waals surface area contributed by atoms with Gasteiger partial charge in [0, 0.05) is 31.2 Å². The van der Waals surface area contributed by atoms with Crippen LogP contribution >= 0.6 is 0 Å². The average Bonchev–Trinajstić information content (AvgIpc) is 3.59. The zero-order valence-corrected chi connectivity index (χ0v) is 24.5. The van der Waals surface area contributed by atoms with E-state index in [9.17, 15) is 15.2 Å². The number of ether oxygens (including phenoxy) is 2. The zero-order valence-electron chi connectivity index (χ0n) is 24.5. The van der Waals surface area contributed by atoms with Crippen molar-refractivity contribution >= 4 is 28.8 Å². The Kier molecular flexibility index (Phi) is 7.86. The number of nitrogens with zero attached hydrogens (tertiary/aromatic N) is 6. The SMILES string of the molecule is CC(C)(C)OC(=O)N(Cc1ccc(Nc2ncc3c(C#N)cn(-c4cccc(C(C)(C)O)n4)c3n2)cc1)[C@H]1CCOC1. The Labute approximate surface area is 244 Å². The van der Waals surface area contributed by atoms with Gasteiger partial charge in [0.15, 0.2) is 5.65 Å². The minimum Gasteiger partial charge on any atom is -0.444 e. The lowest BCUT2D eigenvalue weighted by atomic mass is 10.1. The van der Waals surface area contributed by atoms with Crippen LogP contribution in [0, 0.1) is 11.3 Å². The molecule has 0 aliphatic carbocycles. The number of nitriles is 1. The molecule has 1 saturated heterocycles. The van der Waals surface area contributed by atoms with Crippen LogP contribution in [0.1, 0.15) is 57.9 Å². The summed E-state index contributed by atoms with van der Waals surface area (Å²) in [6, 6.07) is 15.2. The van der Waals surface area contributed by atoms with E-state index < -0.39 is 11.2 Å². The first-order valence-corrected chi connectivity index (χ1v) is 13.8. The number of aromatic nitrogens is 4. The van der Waals surface area contributed by atoms with E-state index in [0.29, 0.717) is 53.8 Å². The number of amides is 1. The number of benzene rings is 1. The minimum absolute atomic E-state index is 0.0362. The van der Waals surface area contributed by atoms with E-state index >= 15 is 0 Å². The summed E-state index contributed by atoms with van der Waals surface area (Å²) in [5.74, 6) is 0.869. The topological polar surface area (TPSA) is 138 Å². The Bertz CT molecular complexity index is 1620. The van der Waals surface area contributed by atoms with Gasteiger partial charge >= 0.3 is 6.09 Å². The molecule has 1 fully saturated rings. The fourth-order valence-corrected chi connectivity index (χ4v) is 4.68. The van der Waals surface area contributed by atoms with Crippen molar-refractivity contribution in [1.82, 2.24) is 24.4 Å². The summed E-state index contributed by atoms with van der Waals surface area (Å²) in [6.07, 6.45) is 3.69. The van der Waals surface area contributed by atoms with E-state index in [-0.39, 0.29) is 12.1 Å². The maximum Gasteiger partial charge on any atom is 0.410 e. The molecular formula is C31H35N7O4. The van der Waals surface area contributed by atoms with Crippen molar-refractivity contribution in [3.63, 3.8) is 0 Å². The summed E-state index contributed by atoms with van der Waals surface area (Å²) in [4.78, 5) is 28.4. The molecule has 4 aromatic rings. The Morgan fingerprint density at radius 2 is 1.95 bits per heavy atom. The molecule has 1 amide bonds. The molecule has 1 aliphatic rings. The number of carbonyl (C=O) groups is 1. The van der Waals surface area contributed by atoms with E-state index in [1.165, 1.54) is 0 Å². The van der Waals surface area contributed by atoms with Gasteiger partial charge in [-0.2, -0.15) is 10.2 Å². The van der Waals surface area contributed by atoms with Crippen molar-refractivity contribution in [2.24, 2.45) is 0 Å². The van der Waals surface area contributed by atoms with Gasteiger partial charge < -0.3 is 19.9 Å². The number of anilines is 2. The van der Waals surface area contributed by atoms with Crippen molar-refractivity contribution in [3.8, 4) is 11.9 Å². The first-order valence-electron chi connectivity index (χ1n) is 13.8. The molecule has 0 unspecified atom stereocenters. The van der Waals surface area contributed by atoms with E-state index in [1.807, 2.05) is 45.0 Å². The minimum atomic E-state index is -1.13. The predicted molar refractivity (Wildman–Crippen MR) is 157 cm³/mol. The molecule has 4 heterocycles. The second kappa shape index (κ2) is 11.4. The summed E-state index contributed by atoms with van der Waals surface area (Å²) in [5.41, 5.74) is 1.41. The van der Waals surface area contributed by atoms with Crippen molar-refractivity contribution < 1.29 is 19.4 Å². The summed E-state index contributed by atoms with van der Waals surface area (Å²) in [6.45, 7) is 10.4. The zero-order chi connectivity index (χ0) is 30.1. The van der Waals surface area contributed by atoms with Crippen LogP contribution in [0.2, 0.25) is 0 Å². The summed E-state index contributed by atoms with van der Waals surface area (Å²) < 4.78 is 12.9. The van der Waals surface area contributed by atoms with Crippen molar-refractivity contribution in [1.29, 1.82) is 5.26 Å². The van der Waals surface area contributed by atoms with Gasteiger partial charge in [0.1, 0.15) is 23.1 Å². The molecule has 11 heteroatoms. The molecule has 0 saturated carbocycles. The van der Waals surface area contributed by atoms with E-state index in [0.717, 1.165) is 17.7 Å². The number of carbonyl (C=O) groups excluding carboxylic acids is 1. The third-order valence-electron chi connectivity index (χ3n) is 6.81. The van der Waals surface area contributed by atoms with Gasteiger partial charge in [0.25, 0.3) is 0 Å². The van der Waals surface area contributed by atoms with Crippen LogP contribution in [0.4, 0.5) is 16.4 Å². The monoisotopic (exact) mass is 569 g/mol. The van der Waals surface area contributed by atoms with Crippen LogP contribution in [0.3, 0.4) is 0 Å². The average molecular weight is 570 g/mol. The molecule has 11 nitrogen and oxygen atoms in total. The maximum atomic E-state index is 13.0. The molecule has 42 heavy (non-hydrogen) atoms. The summed E-state index contributed by atoms with van der Waals surface area (Å²) in [7, 11) is 0. The third-order valence-corrected chi connectivity index (χ3v) is 6.81. The normalized spacial score (nSPS) is 15.4. The van der Waals surface area contributed by atoms with Crippen molar-refractivity contribution in [2.75, 3.05) is 18.5 Å². The van der Waals surface area contributed by atoms with E-state index in [2.05, 4.69) is 21.4 Å². The largest absolute Gasteiger partial charge is 0.444 e. The standard InChI is InChI=1S/C31H35N7O4/c1-30(2,3)42-29(39)37(23-13-14-41-19-23)17-20-9-11-22(12-10-20)34-28-33-16-24-21(15-32)18-38(27(24)36-28)26-8-6-7-25(35-26)31(4,5)40/h6-12,16,18,23,40H,13-14,17,19H2,1-5H3,(H,33,34,36)/t23-/m0/s1. The van der Waals surface area contributed by atoms with E-state index in [1.54, 1.807) is 53.9 Å². The van der Waals surface area contributed by atoms with Gasteiger partial charge in [-0.15, -0.1) is 0 Å². The van der Waals surface area contributed by atoms with Crippen molar-refractivity contribution in [2.45, 2.75) is 64.8 Å². The lowest BCUT2D eigenvalue weighted by molar-refractivity contribution is 0.0126. The summed E-state index contributed by atoms with van der Waals surface area (Å²) >= 11 is 0. The first kappa shape index (κ1) is 29.0. The Hall–Kier alpha value is -4.53. The highest BCUT2D eigenvalue weighted by atomic mass is 16.6. The molecule has 5 rings (SSSR count). The number of fused-ring (bicyclic) bond motifs is 1. The number of rotatable bonds is 7. The van der Waals surface area contributed by atoms with Gasteiger partial charge in [-0.05, 0) is 70.9 Å². The van der Waals surface area contributed by atoms with Crippen LogP contribution in [0.15, 0.2) is 54.9 Å². The van der Waals surface area contributed by atoms with Crippen molar-refractivity contribution in [3.05, 3.63) is 71.7 Å². The Balaban J connectivity index is 1.37. The Morgan fingerprint density at radius 3 is 2.60 bits per heavy atom. The lowest BCUT2D eigenvalue weighted by Crippen LogP contribution is -2.43. The molecule has 0 radical (unpaired) electrons. The smallest absolute Gasteiger partial charge is 0.410 e. The highest BCUT2D eigenvalue weighted by Gasteiger charge is 2.31. The van der Waals surface area contributed by atoms with Crippen LogP contribution in [-0.4, -0.2) is 60.5 Å². The highest BCUT2D eigenvalue weighted by Crippen LogP contribution is 2.26. The van der Waals surface area contributed by atoms with Crippen LogP contribution in [0.25, 0.3) is 16.9 Å². The number of hydrogen-bond donors (Lipinski definition) is 2. The third kappa shape index (κ3) is 6.51. The Morgan fingerprint density at radius 1 is 1.19 bits per heavy atom. The number of hydrogen-bond acceptors (Lipinski definition) is 9. The number of pyridine rings is 1. The van der Waals surface area contributed by atoms with Gasteiger partial charge in [-0.1, -0.05) is 18.2 Å². The number of aliphatic hydroxyl groups is 1. The van der Waals surface area contributed by atoms with Crippen LogP contribution in [-0.2, 0) is 21.6 Å². The molecule has 3 aromatic heterocycles. The number of nitrogens with one attached hydrogen (secondary N) is 1. The van der Waals surface area contributed by atoms with E-state index in [4.69, 9.17) is 14.5 Å². The molecule has 2 N–H and O–H groups in total. The van der Waals surface area contributed by atoms with Gasteiger partial charge in [-0.25, -0.2) is 14.8 Å².